The van der Waals surface area contributed by atoms with Gasteiger partial charge in [0.05, 0.1) is 0 Å². The molecule has 0 spiro atoms. The van der Waals surface area contributed by atoms with Crippen LogP contribution in [0.2, 0.25) is 0 Å². The van der Waals surface area contributed by atoms with E-state index in [1.54, 1.807) is 0 Å². The normalized spacial score (nSPS) is 13.7. The highest BCUT2D eigenvalue weighted by molar-refractivity contribution is 5.61. The molecule has 0 bridgehead atoms. The highest BCUT2D eigenvalue weighted by atomic mass is 14.8. The molecule has 2 aromatic carbocycles. The molecule has 32 heavy (non-hydrogen) atoms. The smallest absolute Gasteiger partial charge is 0.0214 e. The third-order valence-corrected chi connectivity index (χ3v) is 5.81. The second kappa shape index (κ2) is 13.7. The van der Waals surface area contributed by atoms with Crippen molar-refractivity contribution in [1.82, 2.24) is 5.32 Å². The lowest BCUT2D eigenvalue weighted by atomic mass is 9.98. The van der Waals surface area contributed by atoms with Crippen molar-refractivity contribution in [3.05, 3.63) is 111 Å². The minimum absolute atomic E-state index is 0.914. The van der Waals surface area contributed by atoms with Gasteiger partial charge >= 0.3 is 0 Å². The molecule has 2 aromatic rings. The SMILES string of the molecule is CC.CC.Cc1ccc(CC2=CC=C(CNCc3cccc4c3C=CC=CC4)C2)cc1C. The van der Waals surface area contributed by atoms with E-state index in [1.807, 2.05) is 27.7 Å². The Morgan fingerprint density at radius 2 is 1.59 bits per heavy atom. The van der Waals surface area contributed by atoms with E-state index in [1.165, 1.54) is 44.5 Å². The Balaban J connectivity index is 0.000000860. The molecule has 0 aliphatic heterocycles. The van der Waals surface area contributed by atoms with E-state index in [0.717, 1.165) is 32.4 Å². The fourth-order valence-electron chi connectivity index (χ4n) is 4.06. The Hall–Kier alpha value is -2.64. The third kappa shape index (κ3) is 7.21. The monoisotopic (exact) mass is 427 g/mol. The van der Waals surface area contributed by atoms with Crippen LogP contribution >= 0.6 is 0 Å². The molecule has 0 atom stereocenters. The standard InChI is InChI=1S/C27H29N.2C2H6/c1-20-11-12-22(15-21(20)2)16-23-13-14-24(17-23)18-28-19-26-9-6-8-25-7-4-3-5-10-27(25)26;2*1-2/h3-6,8-15,28H,7,16-19H2,1-2H3;2*1-2H3. The van der Waals surface area contributed by atoms with Gasteiger partial charge < -0.3 is 5.32 Å². The average Bonchev–Trinajstić information content (AvgIpc) is 3.12. The highest BCUT2D eigenvalue weighted by Crippen LogP contribution is 2.24. The molecule has 0 unspecified atom stereocenters. The molecular formula is C31H41N. The van der Waals surface area contributed by atoms with Gasteiger partial charge in [-0.25, -0.2) is 0 Å². The van der Waals surface area contributed by atoms with Crippen molar-refractivity contribution in [3.63, 3.8) is 0 Å². The van der Waals surface area contributed by atoms with Crippen LogP contribution in [-0.4, -0.2) is 6.54 Å². The van der Waals surface area contributed by atoms with Gasteiger partial charge in [-0.2, -0.15) is 0 Å². The highest BCUT2D eigenvalue weighted by Gasteiger charge is 2.11. The van der Waals surface area contributed by atoms with Crippen LogP contribution in [-0.2, 0) is 19.4 Å². The number of fused-ring (bicyclic) bond motifs is 1. The van der Waals surface area contributed by atoms with Crippen molar-refractivity contribution in [2.75, 3.05) is 6.54 Å². The lowest BCUT2D eigenvalue weighted by molar-refractivity contribution is 0.728. The minimum Gasteiger partial charge on any atom is -0.309 e. The van der Waals surface area contributed by atoms with Crippen molar-refractivity contribution in [2.45, 2.75) is 67.3 Å². The maximum Gasteiger partial charge on any atom is 0.0214 e. The summed E-state index contributed by atoms with van der Waals surface area (Å²) in [6.07, 6.45) is 16.6. The lowest BCUT2D eigenvalue weighted by Gasteiger charge is -2.12. The zero-order chi connectivity index (χ0) is 23.3. The summed E-state index contributed by atoms with van der Waals surface area (Å²) >= 11 is 0. The maximum absolute atomic E-state index is 3.66. The fourth-order valence-corrected chi connectivity index (χ4v) is 4.06. The molecule has 0 amide bonds. The number of hydrogen-bond acceptors (Lipinski definition) is 1. The molecule has 4 rings (SSSR count). The lowest BCUT2D eigenvalue weighted by Crippen LogP contribution is -2.17. The maximum atomic E-state index is 3.66. The van der Waals surface area contributed by atoms with Gasteiger partial charge in [-0.05, 0) is 66.5 Å². The molecule has 0 saturated heterocycles. The largest absolute Gasteiger partial charge is 0.309 e. The number of benzene rings is 2. The fraction of sp³-hybridized carbons (Fsp3) is 0.355. The van der Waals surface area contributed by atoms with E-state index in [2.05, 4.69) is 92.0 Å². The predicted molar refractivity (Wildman–Crippen MR) is 143 cm³/mol. The molecule has 0 radical (unpaired) electrons. The van der Waals surface area contributed by atoms with Crippen LogP contribution < -0.4 is 5.32 Å². The van der Waals surface area contributed by atoms with Gasteiger partial charge in [-0.15, -0.1) is 0 Å². The summed E-state index contributed by atoms with van der Waals surface area (Å²) in [6, 6.07) is 13.5. The number of nitrogens with one attached hydrogen (secondary N) is 1. The number of hydrogen-bond donors (Lipinski definition) is 1. The number of aryl methyl sites for hydroxylation is 2. The number of allylic oxidation sites excluding steroid dienone is 6. The van der Waals surface area contributed by atoms with E-state index in [-0.39, 0.29) is 0 Å². The van der Waals surface area contributed by atoms with Crippen LogP contribution in [0.25, 0.3) is 6.08 Å². The van der Waals surface area contributed by atoms with Gasteiger partial charge in [0.2, 0.25) is 0 Å². The molecule has 0 aromatic heterocycles. The van der Waals surface area contributed by atoms with Gasteiger partial charge in [0.15, 0.2) is 0 Å². The van der Waals surface area contributed by atoms with Crippen LogP contribution in [0, 0.1) is 13.8 Å². The minimum atomic E-state index is 0.914. The Morgan fingerprint density at radius 1 is 0.812 bits per heavy atom. The van der Waals surface area contributed by atoms with Gasteiger partial charge in [-0.3, -0.25) is 0 Å². The van der Waals surface area contributed by atoms with E-state index in [9.17, 15) is 0 Å². The first kappa shape index (κ1) is 25.6. The summed E-state index contributed by atoms with van der Waals surface area (Å²) in [4.78, 5) is 0. The quantitative estimate of drug-likeness (QED) is 0.491. The summed E-state index contributed by atoms with van der Waals surface area (Å²) in [6.45, 7) is 14.2. The molecule has 170 valence electrons. The Kier molecular flexibility index (Phi) is 11.0. The Morgan fingerprint density at radius 3 is 2.38 bits per heavy atom. The zero-order valence-electron chi connectivity index (χ0n) is 21.0. The first-order chi connectivity index (χ1) is 15.7. The topological polar surface area (TPSA) is 12.0 Å². The molecule has 2 aliphatic rings. The first-order valence-corrected chi connectivity index (χ1v) is 12.3. The molecule has 2 aliphatic carbocycles. The second-order valence-electron chi connectivity index (χ2n) is 8.01. The van der Waals surface area contributed by atoms with Gasteiger partial charge in [-0.1, -0.05) is 112 Å². The second-order valence-corrected chi connectivity index (χ2v) is 8.01. The molecule has 1 N–H and O–H groups in total. The summed E-state index contributed by atoms with van der Waals surface area (Å²) in [5.74, 6) is 0. The third-order valence-electron chi connectivity index (χ3n) is 5.81. The van der Waals surface area contributed by atoms with Gasteiger partial charge in [0.25, 0.3) is 0 Å². The average molecular weight is 428 g/mol. The van der Waals surface area contributed by atoms with Crippen molar-refractivity contribution in [3.8, 4) is 0 Å². The zero-order valence-corrected chi connectivity index (χ0v) is 21.0. The van der Waals surface area contributed by atoms with Crippen LogP contribution in [0.3, 0.4) is 0 Å². The van der Waals surface area contributed by atoms with E-state index < -0.39 is 0 Å². The Labute approximate surface area is 196 Å². The summed E-state index contributed by atoms with van der Waals surface area (Å²) in [5.41, 5.74) is 11.4. The predicted octanol–water partition coefficient (Wildman–Crippen LogP) is 8.07. The molecular weight excluding hydrogens is 386 g/mol. The van der Waals surface area contributed by atoms with Crippen molar-refractivity contribution < 1.29 is 0 Å². The molecule has 0 saturated carbocycles. The van der Waals surface area contributed by atoms with Gasteiger partial charge in [0.1, 0.15) is 0 Å². The van der Waals surface area contributed by atoms with Crippen molar-refractivity contribution in [1.29, 1.82) is 0 Å². The molecule has 1 heteroatoms. The van der Waals surface area contributed by atoms with Crippen LogP contribution in [0.5, 0.6) is 0 Å². The van der Waals surface area contributed by atoms with E-state index >= 15 is 0 Å². The number of rotatable bonds is 6. The molecule has 0 fully saturated rings. The van der Waals surface area contributed by atoms with E-state index in [4.69, 9.17) is 0 Å². The summed E-state index contributed by atoms with van der Waals surface area (Å²) < 4.78 is 0. The Bertz CT molecular complexity index is 986. The van der Waals surface area contributed by atoms with E-state index in [0.29, 0.717) is 0 Å². The van der Waals surface area contributed by atoms with Gasteiger partial charge in [0, 0.05) is 13.1 Å². The van der Waals surface area contributed by atoms with Crippen molar-refractivity contribution >= 4 is 6.08 Å². The van der Waals surface area contributed by atoms with Crippen LogP contribution in [0.4, 0.5) is 0 Å². The molecule has 0 heterocycles. The van der Waals surface area contributed by atoms with Crippen LogP contribution in [0.1, 0.15) is 67.5 Å². The van der Waals surface area contributed by atoms with Crippen LogP contribution in [0.15, 0.2) is 77.9 Å². The summed E-state index contributed by atoms with van der Waals surface area (Å²) in [5, 5.41) is 3.66. The van der Waals surface area contributed by atoms with Crippen molar-refractivity contribution in [2.24, 2.45) is 0 Å². The summed E-state index contributed by atoms with van der Waals surface area (Å²) in [7, 11) is 0. The first-order valence-electron chi connectivity index (χ1n) is 12.3. The molecule has 1 nitrogen and oxygen atoms in total.